The Labute approximate surface area is 247 Å². The van der Waals surface area contributed by atoms with Crippen molar-refractivity contribution in [3.63, 3.8) is 0 Å². The van der Waals surface area contributed by atoms with Gasteiger partial charge in [-0.1, -0.05) is 76.7 Å². The molecular formula is C32H45N3O4Si2. The molecule has 0 saturated carbocycles. The molecule has 0 N–H and O–H groups in total. The van der Waals surface area contributed by atoms with Gasteiger partial charge in [0.25, 0.3) is 0 Å². The van der Waals surface area contributed by atoms with Crippen molar-refractivity contribution >= 4 is 33.4 Å². The lowest BCUT2D eigenvalue weighted by Gasteiger charge is -2.37. The largest absolute Gasteiger partial charge is 0.460 e. The summed E-state index contributed by atoms with van der Waals surface area (Å²) >= 11 is 0. The van der Waals surface area contributed by atoms with Crippen LogP contribution in [0, 0.1) is 11.5 Å². The van der Waals surface area contributed by atoms with E-state index < -0.39 is 22.5 Å². The highest BCUT2D eigenvalue weighted by molar-refractivity contribution is 6.83. The number of ether oxygens (including phenoxy) is 2. The molecular weight excluding hydrogens is 547 g/mol. The minimum Gasteiger partial charge on any atom is -0.460 e. The number of fused-ring (bicyclic) bond motifs is 1. The zero-order valence-electron chi connectivity index (χ0n) is 26.1. The van der Waals surface area contributed by atoms with Crippen LogP contribution in [0.3, 0.4) is 0 Å². The summed E-state index contributed by atoms with van der Waals surface area (Å²) in [5.74, 6) is 3.16. The van der Waals surface area contributed by atoms with E-state index in [2.05, 4.69) is 93.8 Å². The second-order valence-electron chi connectivity index (χ2n) is 13.5. The molecule has 3 atom stereocenters. The molecule has 9 heteroatoms. The molecule has 1 fully saturated rings. The summed E-state index contributed by atoms with van der Waals surface area (Å²) in [6, 6.07) is 10.4. The Morgan fingerprint density at radius 3 is 2.44 bits per heavy atom. The maximum absolute atomic E-state index is 12.0. The molecule has 3 heterocycles. The predicted octanol–water partition coefficient (Wildman–Crippen LogP) is 6.69. The molecule has 0 spiro atoms. The van der Waals surface area contributed by atoms with Crippen molar-refractivity contribution in [2.75, 3.05) is 6.61 Å². The van der Waals surface area contributed by atoms with Gasteiger partial charge in [-0.15, -0.1) is 5.54 Å². The number of carbonyl (C=O) groups excluding carboxylic acids is 1. The average molecular weight is 592 g/mol. The molecule has 4 rings (SSSR count). The molecule has 0 aliphatic carbocycles. The van der Waals surface area contributed by atoms with Crippen LogP contribution < -0.4 is 0 Å². The lowest BCUT2D eigenvalue weighted by atomic mass is 10.1. The average Bonchev–Trinajstić information content (AvgIpc) is 3.45. The maximum Gasteiger partial charge on any atom is 0.302 e. The normalized spacial score (nSPS) is 19.7. The van der Waals surface area contributed by atoms with Gasteiger partial charge in [-0.2, -0.15) is 0 Å². The van der Waals surface area contributed by atoms with Gasteiger partial charge in [0.05, 0.1) is 23.3 Å². The van der Waals surface area contributed by atoms with E-state index in [1.807, 2.05) is 12.3 Å². The highest BCUT2D eigenvalue weighted by Gasteiger charge is 2.43. The maximum atomic E-state index is 12.0. The molecule has 220 valence electrons. The number of benzene rings is 1. The molecule has 0 bridgehead atoms. The van der Waals surface area contributed by atoms with Crippen LogP contribution in [-0.2, 0) is 31.5 Å². The van der Waals surface area contributed by atoms with Gasteiger partial charge in [0.2, 0.25) is 0 Å². The van der Waals surface area contributed by atoms with E-state index in [-0.39, 0.29) is 23.3 Å². The topological polar surface area (TPSA) is 75.5 Å². The fourth-order valence-corrected chi connectivity index (χ4v) is 6.20. The van der Waals surface area contributed by atoms with Gasteiger partial charge in [-0.3, -0.25) is 4.79 Å². The van der Waals surface area contributed by atoms with Gasteiger partial charge in [0.1, 0.15) is 38.5 Å². The third-order valence-electron chi connectivity index (χ3n) is 7.98. The first-order valence-electron chi connectivity index (χ1n) is 14.5. The van der Waals surface area contributed by atoms with Crippen molar-refractivity contribution in [1.29, 1.82) is 0 Å². The van der Waals surface area contributed by atoms with Crippen molar-refractivity contribution in [3.8, 4) is 11.5 Å². The summed E-state index contributed by atoms with van der Waals surface area (Å²) in [6.45, 7) is 19.6. The van der Waals surface area contributed by atoms with E-state index in [9.17, 15) is 4.79 Å². The van der Waals surface area contributed by atoms with Gasteiger partial charge in [0, 0.05) is 19.5 Å². The number of aryl methyl sites for hydroxylation is 2. The zero-order valence-corrected chi connectivity index (χ0v) is 28.1. The monoisotopic (exact) mass is 591 g/mol. The fourth-order valence-electron chi connectivity index (χ4n) is 4.68. The number of hydrogen-bond acceptors (Lipinski definition) is 6. The minimum atomic E-state index is -2.02. The third kappa shape index (κ3) is 7.74. The van der Waals surface area contributed by atoms with Gasteiger partial charge in [-0.05, 0) is 36.5 Å². The van der Waals surface area contributed by atoms with E-state index in [0.29, 0.717) is 13.0 Å². The van der Waals surface area contributed by atoms with Crippen molar-refractivity contribution in [2.24, 2.45) is 0 Å². The Morgan fingerprint density at radius 2 is 1.80 bits per heavy atom. The van der Waals surface area contributed by atoms with Crippen LogP contribution >= 0.6 is 0 Å². The number of carbonyl (C=O) groups is 1. The van der Waals surface area contributed by atoms with Crippen molar-refractivity contribution < 1.29 is 18.7 Å². The Hall–Kier alpha value is -2.78. The lowest BCUT2D eigenvalue weighted by Crippen LogP contribution is -2.44. The van der Waals surface area contributed by atoms with E-state index in [1.54, 1.807) is 6.33 Å². The number of esters is 1. The predicted molar refractivity (Wildman–Crippen MR) is 169 cm³/mol. The Kier molecular flexibility index (Phi) is 9.29. The number of aromatic nitrogens is 3. The second kappa shape index (κ2) is 12.2. The van der Waals surface area contributed by atoms with Crippen LogP contribution in [0.4, 0.5) is 0 Å². The van der Waals surface area contributed by atoms with Crippen LogP contribution in [0.2, 0.25) is 37.8 Å². The van der Waals surface area contributed by atoms with E-state index in [4.69, 9.17) is 23.9 Å². The van der Waals surface area contributed by atoms with Crippen molar-refractivity contribution in [3.05, 3.63) is 59.7 Å². The molecule has 3 aromatic rings. The first kappa shape index (κ1) is 31.2. The van der Waals surface area contributed by atoms with E-state index >= 15 is 0 Å². The smallest absolute Gasteiger partial charge is 0.302 e. The van der Waals surface area contributed by atoms with Gasteiger partial charge < -0.3 is 18.5 Å². The standard InChI is InChI=1S/C32H45N3O4Si2/c1-23(36)38-27-19-29(39-28(27)21-37-41(8,9)32(2,3)4)35-20-25(17-18-40(5,6)7)30-26(33-22-34-31(30)35)16-15-24-13-11-10-12-14-24/h10-14,20,22,27-29H,15-16,19,21H2,1-9H3. The van der Waals surface area contributed by atoms with E-state index in [1.165, 1.54) is 12.5 Å². The highest BCUT2D eigenvalue weighted by atomic mass is 28.4. The Balaban J connectivity index is 1.69. The molecule has 7 nitrogen and oxygen atoms in total. The molecule has 41 heavy (non-hydrogen) atoms. The summed E-state index contributed by atoms with van der Waals surface area (Å²) in [7, 11) is -3.65. The molecule has 1 saturated heterocycles. The molecule has 0 amide bonds. The van der Waals surface area contributed by atoms with Gasteiger partial charge in [-0.25, -0.2) is 9.97 Å². The summed E-state index contributed by atoms with van der Waals surface area (Å²) in [5.41, 5.74) is 7.47. The summed E-state index contributed by atoms with van der Waals surface area (Å²) < 4.78 is 20.9. The zero-order chi connectivity index (χ0) is 30.0. The quantitative estimate of drug-likeness (QED) is 0.165. The van der Waals surface area contributed by atoms with Crippen LogP contribution in [0.15, 0.2) is 42.9 Å². The van der Waals surface area contributed by atoms with Crippen LogP contribution in [0.5, 0.6) is 0 Å². The number of nitrogens with zero attached hydrogens (tertiary/aromatic N) is 3. The van der Waals surface area contributed by atoms with Crippen LogP contribution in [0.25, 0.3) is 11.0 Å². The third-order valence-corrected chi connectivity index (χ3v) is 13.4. The summed E-state index contributed by atoms with van der Waals surface area (Å²) in [5, 5.41) is 1.04. The van der Waals surface area contributed by atoms with Gasteiger partial charge >= 0.3 is 5.97 Å². The van der Waals surface area contributed by atoms with E-state index in [0.717, 1.165) is 35.1 Å². The summed E-state index contributed by atoms with van der Waals surface area (Å²) in [6.07, 6.45) is 4.70. The Morgan fingerprint density at radius 1 is 1.10 bits per heavy atom. The second-order valence-corrected chi connectivity index (χ2v) is 23.1. The van der Waals surface area contributed by atoms with Crippen LogP contribution in [0.1, 0.15) is 57.2 Å². The Bertz CT molecular complexity index is 1430. The van der Waals surface area contributed by atoms with Gasteiger partial charge in [0.15, 0.2) is 8.32 Å². The molecule has 1 aromatic carbocycles. The van der Waals surface area contributed by atoms with Crippen molar-refractivity contribution in [1.82, 2.24) is 14.5 Å². The number of hydrogen-bond donors (Lipinski definition) is 0. The lowest BCUT2D eigenvalue weighted by molar-refractivity contribution is -0.150. The molecule has 1 aliphatic heterocycles. The molecule has 0 radical (unpaired) electrons. The molecule has 1 aliphatic rings. The molecule has 3 unspecified atom stereocenters. The molecule has 2 aromatic heterocycles. The first-order chi connectivity index (χ1) is 19.1. The first-order valence-corrected chi connectivity index (χ1v) is 20.9. The van der Waals surface area contributed by atoms with Crippen LogP contribution in [-0.4, -0.2) is 55.7 Å². The number of rotatable bonds is 8. The minimum absolute atomic E-state index is 0.0651. The highest BCUT2D eigenvalue weighted by Crippen LogP contribution is 2.39. The van der Waals surface area contributed by atoms with Crippen molar-refractivity contribution in [2.45, 2.75) is 103 Å². The summed E-state index contributed by atoms with van der Waals surface area (Å²) in [4.78, 5) is 21.5. The fraction of sp³-hybridized carbons (Fsp3) is 0.531. The SMILES string of the molecule is CC(=O)OC1CC(n2cc(C#C[Si](C)(C)C)c3c(CCc4ccccc4)ncnc32)OC1CO[Si](C)(C)C(C)(C)C.